The number of ether oxygens (including phenoxy) is 1. The molecule has 2 N–H and O–H groups in total. The Hall–Kier alpha value is -2.56. The van der Waals surface area contributed by atoms with Crippen LogP contribution >= 0.6 is 0 Å². The van der Waals surface area contributed by atoms with Gasteiger partial charge in [-0.25, -0.2) is 4.68 Å². The first-order valence-corrected chi connectivity index (χ1v) is 7.42. The molecule has 5 nitrogen and oxygen atoms in total. The Morgan fingerprint density at radius 3 is 2.77 bits per heavy atom. The molecule has 0 saturated heterocycles. The summed E-state index contributed by atoms with van der Waals surface area (Å²) in [5.41, 5.74) is 11.0. The van der Waals surface area contributed by atoms with Crippen LogP contribution in [0, 0.1) is 13.8 Å². The standard InChI is InChI=1S/C17H20N4O/c1-12-9-16-17(10-13(12)2)21(20-19-16)7-4-8-22-15-6-3-5-14(18)11-15/h3,5-6,9-11H,4,7-8,18H2,1-2H3. The molecule has 1 aromatic heterocycles. The third-order valence-corrected chi connectivity index (χ3v) is 3.77. The predicted molar refractivity (Wildman–Crippen MR) is 88.0 cm³/mol. The predicted octanol–water partition coefficient (Wildman–Crippen LogP) is 3.10. The molecule has 1 heterocycles. The molecule has 3 rings (SSSR count). The number of fused-ring (bicyclic) bond motifs is 1. The summed E-state index contributed by atoms with van der Waals surface area (Å²) in [6, 6.07) is 11.7. The van der Waals surface area contributed by atoms with Crippen LogP contribution in [0.1, 0.15) is 17.5 Å². The topological polar surface area (TPSA) is 66.0 Å². The summed E-state index contributed by atoms with van der Waals surface area (Å²) in [6.45, 7) is 5.60. The van der Waals surface area contributed by atoms with Gasteiger partial charge in [0.25, 0.3) is 0 Å². The van der Waals surface area contributed by atoms with Gasteiger partial charge in [0, 0.05) is 24.7 Å². The number of nitrogens with two attached hydrogens (primary N) is 1. The Morgan fingerprint density at radius 2 is 1.95 bits per heavy atom. The lowest BCUT2D eigenvalue weighted by Crippen LogP contribution is -2.06. The minimum absolute atomic E-state index is 0.621. The van der Waals surface area contributed by atoms with E-state index in [4.69, 9.17) is 10.5 Å². The van der Waals surface area contributed by atoms with Crippen molar-refractivity contribution in [2.75, 3.05) is 12.3 Å². The number of hydrogen-bond acceptors (Lipinski definition) is 4. The summed E-state index contributed by atoms with van der Waals surface area (Å²) in [4.78, 5) is 0. The molecule has 114 valence electrons. The van der Waals surface area contributed by atoms with Crippen molar-refractivity contribution in [3.63, 3.8) is 0 Å². The maximum atomic E-state index is 5.73. The molecule has 0 saturated carbocycles. The lowest BCUT2D eigenvalue weighted by molar-refractivity contribution is 0.299. The van der Waals surface area contributed by atoms with Gasteiger partial charge in [0.2, 0.25) is 0 Å². The fourth-order valence-corrected chi connectivity index (χ4v) is 2.40. The Morgan fingerprint density at radius 1 is 1.14 bits per heavy atom. The Labute approximate surface area is 129 Å². The zero-order valence-corrected chi connectivity index (χ0v) is 12.9. The highest BCUT2D eigenvalue weighted by atomic mass is 16.5. The van der Waals surface area contributed by atoms with E-state index >= 15 is 0 Å². The number of aromatic nitrogens is 3. The van der Waals surface area contributed by atoms with E-state index < -0.39 is 0 Å². The van der Waals surface area contributed by atoms with Crippen molar-refractivity contribution in [1.82, 2.24) is 15.0 Å². The van der Waals surface area contributed by atoms with Crippen LogP contribution in [0.25, 0.3) is 11.0 Å². The van der Waals surface area contributed by atoms with Crippen LogP contribution in [0.2, 0.25) is 0 Å². The first kappa shape index (κ1) is 14.4. The smallest absolute Gasteiger partial charge is 0.121 e. The second kappa shape index (κ2) is 6.05. The molecule has 0 fully saturated rings. The minimum atomic E-state index is 0.621. The van der Waals surface area contributed by atoms with Gasteiger partial charge < -0.3 is 10.5 Å². The van der Waals surface area contributed by atoms with E-state index in [2.05, 4.69) is 36.3 Å². The highest BCUT2D eigenvalue weighted by Gasteiger charge is 2.06. The highest BCUT2D eigenvalue weighted by molar-refractivity contribution is 5.76. The molecule has 0 bridgehead atoms. The summed E-state index contributed by atoms with van der Waals surface area (Å²) >= 11 is 0. The van der Waals surface area contributed by atoms with Crippen LogP contribution in [-0.2, 0) is 6.54 Å². The van der Waals surface area contributed by atoms with E-state index in [1.165, 1.54) is 11.1 Å². The minimum Gasteiger partial charge on any atom is -0.493 e. The van der Waals surface area contributed by atoms with Gasteiger partial charge in [-0.05, 0) is 49.2 Å². The first-order valence-electron chi connectivity index (χ1n) is 7.42. The molecule has 5 heteroatoms. The third-order valence-electron chi connectivity index (χ3n) is 3.77. The molecule has 22 heavy (non-hydrogen) atoms. The highest BCUT2D eigenvalue weighted by Crippen LogP contribution is 2.18. The van der Waals surface area contributed by atoms with Gasteiger partial charge >= 0.3 is 0 Å². The van der Waals surface area contributed by atoms with Gasteiger partial charge in [-0.3, -0.25) is 0 Å². The van der Waals surface area contributed by atoms with Crippen molar-refractivity contribution in [2.24, 2.45) is 0 Å². The monoisotopic (exact) mass is 296 g/mol. The van der Waals surface area contributed by atoms with Gasteiger partial charge in [0.15, 0.2) is 0 Å². The van der Waals surface area contributed by atoms with Gasteiger partial charge in [-0.1, -0.05) is 11.3 Å². The molecule has 0 atom stereocenters. The number of anilines is 1. The van der Waals surface area contributed by atoms with E-state index in [0.717, 1.165) is 29.7 Å². The number of benzene rings is 2. The van der Waals surface area contributed by atoms with E-state index in [1.807, 2.05) is 28.9 Å². The van der Waals surface area contributed by atoms with Crippen LogP contribution in [0.3, 0.4) is 0 Å². The summed E-state index contributed by atoms with van der Waals surface area (Å²) in [5, 5.41) is 8.45. The molecule has 0 aliphatic carbocycles. The SMILES string of the molecule is Cc1cc2nnn(CCCOc3cccc(N)c3)c2cc1C. The number of aryl methyl sites for hydroxylation is 3. The molecular formula is C17H20N4O. The normalized spacial score (nSPS) is 11.0. The second-order valence-electron chi connectivity index (χ2n) is 5.51. The third kappa shape index (κ3) is 3.03. The van der Waals surface area contributed by atoms with E-state index in [0.29, 0.717) is 12.3 Å². The van der Waals surface area contributed by atoms with Crippen LogP contribution in [-0.4, -0.2) is 21.6 Å². The lowest BCUT2D eigenvalue weighted by Gasteiger charge is -2.07. The van der Waals surface area contributed by atoms with Gasteiger partial charge in [0.05, 0.1) is 12.1 Å². The molecule has 0 spiro atoms. The molecule has 2 aromatic carbocycles. The quantitative estimate of drug-likeness (QED) is 0.580. The van der Waals surface area contributed by atoms with Gasteiger partial charge in [0.1, 0.15) is 11.3 Å². The first-order chi connectivity index (χ1) is 10.6. The second-order valence-corrected chi connectivity index (χ2v) is 5.51. The molecular weight excluding hydrogens is 276 g/mol. The Kier molecular flexibility index (Phi) is 3.96. The lowest BCUT2D eigenvalue weighted by atomic mass is 10.1. The molecule has 0 aliphatic heterocycles. The molecule has 0 aliphatic rings. The maximum absolute atomic E-state index is 5.73. The summed E-state index contributed by atoms with van der Waals surface area (Å²) in [7, 11) is 0. The molecule has 0 radical (unpaired) electrons. The van der Waals surface area contributed by atoms with E-state index in [9.17, 15) is 0 Å². The van der Waals surface area contributed by atoms with Crippen molar-refractivity contribution in [2.45, 2.75) is 26.8 Å². The van der Waals surface area contributed by atoms with Crippen molar-refractivity contribution >= 4 is 16.7 Å². The number of nitrogens with zero attached hydrogens (tertiary/aromatic N) is 3. The fraction of sp³-hybridized carbons (Fsp3) is 0.294. The average molecular weight is 296 g/mol. The number of hydrogen-bond donors (Lipinski definition) is 1. The van der Waals surface area contributed by atoms with Gasteiger partial charge in [-0.2, -0.15) is 0 Å². The van der Waals surface area contributed by atoms with Crippen LogP contribution in [0.4, 0.5) is 5.69 Å². The van der Waals surface area contributed by atoms with Crippen molar-refractivity contribution in [1.29, 1.82) is 0 Å². The molecule has 0 unspecified atom stereocenters. The van der Waals surface area contributed by atoms with Crippen molar-refractivity contribution < 1.29 is 4.74 Å². The fourth-order valence-electron chi connectivity index (χ4n) is 2.40. The van der Waals surface area contributed by atoms with Crippen molar-refractivity contribution in [3.05, 3.63) is 47.5 Å². The zero-order chi connectivity index (χ0) is 15.5. The van der Waals surface area contributed by atoms with Crippen LogP contribution < -0.4 is 10.5 Å². The maximum Gasteiger partial charge on any atom is 0.121 e. The van der Waals surface area contributed by atoms with Crippen LogP contribution in [0.15, 0.2) is 36.4 Å². The average Bonchev–Trinajstić information content (AvgIpc) is 2.86. The Balaban J connectivity index is 1.61. The molecule has 3 aromatic rings. The zero-order valence-electron chi connectivity index (χ0n) is 12.9. The van der Waals surface area contributed by atoms with E-state index in [-0.39, 0.29) is 0 Å². The summed E-state index contributed by atoms with van der Waals surface area (Å²) in [5.74, 6) is 0.801. The molecule has 0 amide bonds. The number of nitrogen functional groups attached to an aromatic ring is 1. The summed E-state index contributed by atoms with van der Waals surface area (Å²) in [6.07, 6.45) is 0.861. The van der Waals surface area contributed by atoms with Crippen molar-refractivity contribution in [3.8, 4) is 5.75 Å². The van der Waals surface area contributed by atoms with Gasteiger partial charge in [-0.15, -0.1) is 5.10 Å². The largest absolute Gasteiger partial charge is 0.493 e. The Bertz CT molecular complexity index is 794. The van der Waals surface area contributed by atoms with E-state index in [1.54, 1.807) is 0 Å². The summed E-state index contributed by atoms with van der Waals surface area (Å²) < 4.78 is 7.63. The van der Waals surface area contributed by atoms with Crippen LogP contribution in [0.5, 0.6) is 5.75 Å². The number of rotatable bonds is 5.